The molecule has 148 valence electrons. The van der Waals surface area contributed by atoms with Gasteiger partial charge in [0, 0.05) is 0 Å². The molecule has 0 radical (unpaired) electrons. The molecule has 1 fully saturated rings. The van der Waals surface area contributed by atoms with E-state index in [2.05, 4.69) is 40.7 Å². The molecule has 1 atom stereocenters. The Morgan fingerprint density at radius 3 is 2.43 bits per heavy atom. The molecule has 0 saturated carbocycles. The molecule has 0 aliphatic carbocycles. The van der Waals surface area contributed by atoms with E-state index in [1.54, 1.807) is 7.11 Å². The molecule has 4 rings (SSSR count). The van der Waals surface area contributed by atoms with Crippen LogP contribution in [0.15, 0.2) is 48.5 Å². The number of fused-ring (bicyclic) bond motifs is 1. The largest absolute Gasteiger partial charge is 0.497 e. The fourth-order valence-electron chi connectivity index (χ4n) is 4.04. The number of imidazole rings is 1. The van der Waals surface area contributed by atoms with Crippen LogP contribution in [0.4, 0.5) is 0 Å². The average molecular weight is 380 g/mol. The van der Waals surface area contributed by atoms with Gasteiger partial charge in [0.25, 0.3) is 0 Å². The van der Waals surface area contributed by atoms with E-state index in [1.807, 2.05) is 24.3 Å². The summed E-state index contributed by atoms with van der Waals surface area (Å²) in [6.07, 6.45) is 3.91. The zero-order valence-corrected chi connectivity index (χ0v) is 16.8. The number of para-hydroxylation sites is 2. The number of benzene rings is 2. The molecule has 5 heteroatoms. The van der Waals surface area contributed by atoms with Gasteiger partial charge < -0.3 is 14.0 Å². The van der Waals surface area contributed by atoms with Crippen LogP contribution in [0.5, 0.6) is 11.5 Å². The van der Waals surface area contributed by atoms with Gasteiger partial charge in [-0.1, -0.05) is 18.6 Å². The van der Waals surface area contributed by atoms with Gasteiger partial charge in [-0.25, -0.2) is 4.98 Å². The minimum atomic E-state index is 0.314. The van der Waals surface area contributed by atoms with Crippen molar-refractivity contribution in [3.8, 4) is 11.5 Å². The van der Waals surface area contributed by atoms with Gasteiger partial charge in [0.1, 0.15) is 23.9 Å². The zero-order chi connectivity index (χ0) is 19.3. The summed E-state index contributed by atoms with van der Waals surface area (Å²) < 4.78 is 13.5. The first kappa shape index (κ1) is 18.8. The molecule has 2 heterocycles. The fraction of sp³-hybridized carbons (Fsp3) is 0.435. The van der Waals surface area contributed by atoms with E-state index in [9.17, 15) is 0 Å². The van der Waals surface area contributed by atoms with Crippen molar-refractivity contribution in [1.29, 1.82) is 0 Å². The first-order chi connectivity index (χ1) is 13.8. The second-order valence-corrected chi connectivity index (χ2v) is 7.41. The maximum atomic E-state index is 5.99. The quantitative estimate of drug-likeness (QED) is 0.598. The molecule has 3 aromatic rings. The van der Waals surface area contributed by atoms with E-state index in [0.29, 0.717) is 12.6 Å². The lowest BCUT2D eigenvalue weighted by atomic mass is 10.1. The molecule has 1 aliphatic heterocycles. The normalized spacial score (nSPS) is 16.2. The van der Waals surface area contributed by atoms with Crippen LogP contribution in [0.25, 0.3) is 11.0 Å². The van der Waals surface area contributed by atoms with E-state index in [4.69, 9.17) is 14.5 Å². The Bertz CT molecular complexity index is 898. The standard InChI is InChI=1S/C23H29N3O2/c1-18(25-14-6-3-7-15-25)23-24-21-8-4-5-9-22(21)26(23)16-17-28-20-12-10-19(27-2)11-13-20/h4-5,8-13,18H,3,6-7,14-17H2,1-2H3. The molecule has 0 spiro atoms. The number of hydrogen-bond donors (Lipinski definition) is 0. The summed E-state index contributed by atoms with van der Waals surface area (Å²) >= 11 is 0. The first-order valence-electron chi connectivity index (χ1n) is 10.2. The van der Waals surface area contributed by atoms with Crippen LogP contribution in [0, 0.1) is 0 Å². The van der Waals surface area contributed by atoms with E-state index >= 15 is 0 Å². The number of methoxy groups -OCH3 is 1. The maximum absolute atomic E-state index is 5.99. The smallest absolute Gasteiger partial charge is 0.127 e. The Labute approximate surface area is 166 Å². The summed E-state index contributed by atoms with van der Waals surface area (Å²) in [6.45, 7) is 5.99. The lowest BCUT2D eigenvalue weighted by Crippen LogP contribution is -2.34. The highest BCUT2D eigenvalue weighted by Gasteiger charge is 2.23. The van der Waals surface area contributed by atoms with Crippen molar-refractivity contribution < 1.29 is 9.47 Å². The fourth-order valence-corrected chi connectivity index (χ4v) is 4.04. The van der Waals surface area contributed by atoms with E-state index in [1.165, 1.54) is 24.8 Å². The minimum Gasteiger partial charge on any atom is -0.497 e. The Hall–Kier alpha value is -2.53. The van der Waals surface area contributed by atoms with Gasteiger partial charge in [0.2, 0.25) is 0 Å². The molecule has 0 bridgehead atoms. The second-order valence-electron chi connectivity index (χ2n) is 7.41. The summed E-state index contributed by atoms with van der Waals surface area (Å²) in [7, 11) is 1.67. The van der Waals surface area contributed by atoms with Crippen LogP contribution in [-0.2, 0) is 6.54 Å². The Balaban J connectivity index is 1.52. The number of rotatable bonds is 7. The molecule has 5 nitrogen and oxygen atoms in total. The first-order valence-corrected chi connectivity index (χ1v) is 10.2. The number of likely N-dealkylation sites (tertiary alicyclic amines) is 1. The van der Waals surface area contributed by atoms with Crippen LogP contribution >= 0.6 is 0 Å². The second kappa shape index (κ2) is 8.65. The Morgan fingerprint density at radius 1 is 0.964 bits per heavy atom. The highest BCUT2D eigenvalue weighted by atomic mass is 16.5. The van der Waals surface area contributed by atoms with Crippen molar-refractivity contribution in [3.63, 3.8) is 0 Å². The lowest BCUT2D eigenvalue weighted by Gasteiger charge is -2.32. The molecule has 2 aromatic carbocycles. The maximum Gasteiger partial charge on any atom is 0.127 e. The van der Waals surface area contributed by atoms with Gasteiger partial charge in [-0.15, -0.1) is 0 Å². The van der Waals surface area contributed by atoms with Crippen molar-refractivity contribution in [2.24, 2.45) is 0 Å². The van der Waals surface area contributed by atoms with Gasteiger partial charge in [0.15, 0.2) is 0 Å². The molecule has 28 heavy (non-hydrogen) atoms. The number of ether oxygens (including phenoxy) is 2. The Morgan fingerprint density at radius 2 is 1.68 bits per heavy atom. The predicted molar refractivity (Wildman–Crippen MR) is 112 cm³/mol. The van der Waals surface area contributed by atoms with Gasteiger partial charge >= 0.3 is 0 Å². The minimum absolute atomic E-state index is 0.314. The van der Waals surface area contributed by atoms with Crippen molar-refractivity contribution >= 4 is 11.0 Å². The Kier molecular flexibility index (Phi) is 5.81. The molecular formula is C23H29N3O2. The van der Waals surface area contributed by atoms with Gasteiger partial charge in [-0.2, -0.15) is 0 Å². The van der Waals surface area contributed by atoms with Gasteiger partial charge in [-0.05, 0) is 69.3 Å². The molecule has 1 aliphatic rings. The van der Waals surface area contributed by atoms with Crippen molar-refractivity contribution in [2.75, 3.05) is 26.8 Å². The van der Waals surface area contributed by atoms with Crippen molar-refractivity contribution in [3.05, 3.63) is 54.4 Å². The third kappa shape index (κ3) is 3.99. The van der Waals surface area contributed by atoms with Gasteiger partial charge in [0.05, 0.1) is 30.7 Å². The third-order valence-electron chi connectivity index (χ3n) is 5.64. The number of piperidine rings is 1. The highest BCUT2D eigenvalue weighted by molar-refractivity contribution is 5.76. The van der Waals surface area contributed by atoms with Crippen molar-refractivity contribution in [1.82, 2.24) is 14.5 Å². The monoisotopic (exact) mass is 379 g/mol. The SMILES string of the molecule is COc1ccc(OCCn2c(C(C)N3CCCCC3)nc3ccccc32)cc1. The topological polar surface area (TPSA) is 39.5 Å². The van der Waals surface area contributed by atoms with Crippen LogP contribution in [0.3, 0.4) is 0 Å². The summed E-state index contributed by atoms with van der Waals surface area (Å²) in [5.41, 5.74) is 2.24. The number of hydrogen-bond acceptors (Lipinski definition) is 4. The molecule has 0 N–H and O–H groups in total. The van der Waals surface area contributed by atoms with E-state index < -0.39 is 0 Å². The van der Waals surface area contributed by atoms with Gasteiger partial charge in [-0.3, -0.25) is 4.90 Å². The molecule has 1 unspecified atom stereocenters. The molecule has 0 amide bonds. The van der Waals surface area contributed by atoms with Crippen LogP contribution in [0.2, 0.25) is 0 Å². The number of aromatic nitrogens is 2. The summed E-state index contributed by atoms with van der Waals surface area (Å²) in [5.74, 6) is 2.84. The zero-order valence-electron chi connectivity index (χ0n) is 16.8. The number of nitrogens with zero attached hydrogens (tertiary/aromatic N) is 3. The summed E-state index contributed by atoms with van der Waals surface area (Å²) in [4.78, 5) is 7.55. The molecule has 1 saturated heterocycles. The van der Waals surface area contributed by atoms with E-state index in [0.717, 1.165) is 42.5 Å². The molecule has 1 aromatic heterocycles. The van der Waals surface area contributed by atoms with Crippen molar-refractivity contribution in [2.45, 2.75) is 38.8 Å². The highest BCUT2D eigenvalue weighted by Crippen LogP contribution is 2.27. The lowest BCUT2D eigenvalue weighted by molar-refractivity contribution is 0.165. The summed E-state index contributed by atoms with van der Waals surface area (Å²) in [6, 6.07) is 16.4. The summed E-state index contributed by atoms with van der Waals surface area (Å²) in [5, 5.41) is 0. The van der Waals surface area contributed by atoms with Crippen LogP contribution in [0.1, 0.15) is 38.1 Å². The third-order valence-corrected chi connectivity index (χ3v) is 5.64. The molecular weight excluding hydrogens is 350 g/mol. The van der Waals surface area contributed by atoms with Crippen LogP contribution < -0.4 is 9.47 Å². The van der Waals surface area contributed by atoms with E-state index in [-0.39, 0.29) is 0 Å². The average Bonchev–Trinajstić information content (AvgIpc) is 3.13. The predicted octanol–water partition coefficient (Wildman–Crippen LogP) is 4.67. The van der Waals surface area contributed by atoms with Crippen LogP contribution in [-0.4, -0.2) is 41.3 Å².